The van der Waals surface area contributed by atoms with Crippen LogP contribution in [0.5, 0.6) is 11.5 Å². The van der Waals surface area contributed by atoms with E-state index in [4.69, 9.17) is 9.47 Å². The van der Waals surface area contributed by atoms with Crippen molar-refractivity contribution in [2.75, 3.05) is 25.6 Å². The molecule has 1 heterocycles. The number of likely N-dealkylation sites (tertiary alicyclic amines) is 1. The summed E-state index contributed by atoms with van der Waals surface area (Å²) in [5.41, 5.74) is 1.32. The Balaban J connectivity index is 1.71. The Labute approximate surface area is 169 Å². The highest BCUT2D eigenvalue weighted by Crippen LogP contribution is 2.35. The molecule has 2 atom stereocenters. The summed E-state index contributed by atoms with van der Waals surface area (Å²) in [4.78, 5) is 26.7. The predicted octanol–water partition coefficient (Wildman–Crippen LogP) is 3.58. The molecule has 0 radical (unpaired) electrons. The number of methoxy groups -OCH3 is 1. The molecular formula is C22H25FN2O4. The molecule has 1 saturated heterocycles. The first-order valence-electron chi connectivity index (χ1n) is 9.59. The van der Waals surface area contributed by atoms with Gasteiger partial charge in [-0.1, -0.05) is 12.1 Å². The van der Waals surface area contributed by atoms with Crippen LogP contribution in [0.4, 0.5) is 10.1 Å². The smallest absolute Gasteiger partial charge is 0.246 e. The van der Waals surface area contributed by atoms with Crippen molar-refractivity contribution in [2.45, 2.75) is 32.2 Å². The number of hydrogen-bond acceptors (Lipinski definition) is 4. The summed E-state index contributed by atoms with van der Waals surface area (Å²) in [7, 11) is 1.58. The van der Waals surface area contributed by atoms with Crippen LogP contribution in [0.3, 0.4) is 0 Å². The standard InChI is InChI=1S/C22H25FN2O4/c1-4-29-20-10-15(8-9-19(20)28-3)16-11-21(26)25(13-16)14(2)22(27)24-18-7-5-6-17(23)12-18/h5-10,12,14,16H,4,11,13H2,1-3H3,(H,24,27). The van der Waals surface area contributed by atoms with E-state index in [2.05, 4.69) is 5.32 Å². The van der Waals surface area contributed by atoms with E-state index < -0.39 is 11.9 Å². The number of carbonyl (C=O) groups excluding carboxylic acids is 2. The van der Waals surface area contributed by atoms with Crippen molar-refractivity contribution in [3.05, 3.63) is 53.8 Å². The van der Waals surface area contributed by atoms with Crippen LogP contribution in [-0.2, 0) is 9.59 Å². The van der Waals surface area contributed by atoms with Crippen molar-refractivity contribution in [3.8, 4) is 11.5 Å². The average molecular weight is 400 g/mol. The van der Waals surface area contributed by atoms with Crippen molar-refractivity contribution in [1.82, 2.24) is 4.90 Å². The van der Waals surface area contributed by atoms with Crippen molar-refractivity contribution in [3.63, 3.8) is 0 Å². The summed E-state index contributed by atoms with van der Waals surface area (Å²) in [5.74, 6) is 0.351. The maximum absolute atomic E-state index is 13.3. The zero-order valence-electron chi connectivity index (χ0n) is 16.8. The highest BCUT2D eigenvalue weighted by Gasteiger charge is 2.36. The summed E-state index contributed by atoms with van der Waals surface area (Å²) in [6.07, 6.45) is 0.315. The Hall–Kier alpha value is -3.09. The number of anilines is 1. The molecule has 2 unspecified atom stereocenters. The third-order valence-electron chi connectivity index (χ3n) is 5.06. The van der Waals surface area contributed by atoms with E-state index >= 15 is 0 Å². The lowest BCUT2D eigenvalue weighted by Crippen LogP contribution is -2.42. The normalized spacial score (nSPS) is 17.2. The number of halogens is 1. The summed E-state index contributed by atoms with van der Waals surface area (Å²) in [5, 5.41) is 2.67. The summed E-state index contributed by atoms with van der Waals surface area (Å²) in [6, 6.07) is 10.6. The van der Waals surface area contributed by atoms with Crippen LogP contribution in [-0.4, -0.2) is 43.0 Å². The highest BCUT2D eigenvalue weighted by atomic mass is 19.1. The fraction of sp³-hybridized carbons (Fsp3) is 0.364. The third-order valence-corrected chi connectivity index (χ3v) is 5.06. The van der Waals surface area contributed by atoms with Crippen LogP contribution in [0.2, 0.25) is 0 Å². The van der Waals surface area contributed by atoms with Crippen LogP contribution >= 0.6 is 0 Å². The van der Waals surface area contributed by atoms with Crippen molar-refractivity contribution in [1.29, 1.82) is 0 Å². The number of hydrogen-bond donors (Lipinski definition) is 1. The number of nitrogens with one attached hydrogen (secondary N) is 1. The molecule has 154 valence electrons. The minimum Gasteiger partial charge on any atom is -0.493 e. The van der Waals surface area contributed by atoms with Gasteiger partial charge in [0.1, 0.15) is 11.9 Å². The van der Waals surface area contributed by atoms with Gasteiger partial charge < -0.3 is 19.7 Å². The second kappa shape index (κ2) is 8.94. The van der Waals surface area contributed by atoms with Gasteiger partial charge in [0.25, 0.3) is 0 Å². The minimum absolute atomic E-state index is 0.0444. The molecule has 1 N–H and O–H groups in total. The number of amides is 2. The molecule has 0 bridgehead atoms. The maximum atomic E-state index is 13.3. The topological polar surface area (TPSA) is 67.9 Å². The summed E-state index contributed by atoms with van der Waals surface area (Å²) >= 11 is 0. The second-order valence-electron chi connectivity index (χ2n) is 6.97. The molecule has 1 fully saturated rings. The zero-order valence-corrected chi connectivity index (χ0v) is 16.8. The number of carbonyl (C=O) groups is 2. The van der Waals surface area contributed by atoms with Crippen LogP contribution in [0, 0.1) is 5.82 Å². The van der Waals surface area contributed by atoms with Crippen LogP contribution in [0.25, 0.3) is 0 Å². The fourth-order valence-corrected chi connectivity index (χ4v) is 3.50. The first-order chi connectivity index (χ1) is 13.9. The number of ether oxygens (including phenoxy) is 2. The molecule has 6 nitrogen and oxygen atoms in total. The first kappa shape index (κ1) is 20.6. The summed E-state index contributed by atoms with van der Waals surface area (Å²) in [6.45, 7) is 4.50. The Morgan fingerprint density at radius 2 is 2.07 bits per heavy atom. The van der Waals surface area contributed by atoms with Gasteiger partial charge in [0.05, 0.1) is 13.7 Å². The van der Waals surface area contributed by atoms with E-state index in [1.165, 1.54) is 18.2 Å². The van der Waals surface area contributed by atoms with Gasteiger partial charge >= 0.3 is 0 Å². The van der Waals surface area contributed by atoms with Gasteiger partial charge in [-0.2, -0.15) is 0 Å². The van der Waals surface area contributed by atoms with E-state index in [1.54, 1.807) is 25.0 Å². The van der Waals surface area contributed by atoms with Crippen LogP contribution in [0.15, 0.2) is 42.5 Å². The molecule has 29 heavy (non-hydrogen) atoms. The average Bonchev–Trinajstić information content (AvgIpc) is 3.09. The Kier molecular flexibility index (Phi) is 6.36. The number of rotatable bonds is 7. The number of nitrogens with zero attached hydrogens (tertiary/aromatic N) is 1. The van der Waals surface area contributed by atoms with E-state index in [0.29, 0.717) is 36.8 Å². The molecule has 3 rings (SSSR count). The monoisotopic (exact) mass is 400 g/mol. The summed E-state index contributed by atoms with van der Waals surface area (Å²) < 4.78 is 24.3. The van der Waals surface area contributed by atoms with Gasteiger partial charge in [-0.05, 0) is 49.7 Å². The quantitative estimate of drug-likeness (QED) is 0.772. The van der Waals surface area contributed by atoms with Crippen LogP contribution in [0.1, 0.15) is 31.7 Å². The highest BCUT2D eigenvalue weighted by molar-refractivity contribution is 5.97. The molecule has 0 aliphatic carbocycles. The van der Waals surface area contributed by atoms with Gasteiger partial charge in [-0.15, -0.1) is 0 Å². The van der Waals surface area contributed by atoms with Crippen molar-refractivity contribution < 1.29 is 23.5 Å². The molecule has 2 amide bonds. The lowest BCUT2D eigenvalue weighted by atomic mass is 9.98. The minimum atomic E-state index is -0.666. The van der Waals surface area contributed by atoms with Gasteiger partial charge in [0, 0.05) is 24.6 Å². The van der Waals surface area contributed by atoms with Gasteiger partial charge in [-0.25, -0.2) is 4.39 Å². The molecule has 0 spiro atoms. The van der Waals surface area contributed by atoms with Gasteiger partial charge in [-0.3, -0.25) is 9.59 Å². The predicted molar refractivity (Wildman–Crippen MR) is 108 cm³/mol. The zero-order chi connectivity index (χ0) is 21.0. The van der Waals surface area contributed by atoms with Gasteiger partial charge in [0.2, 0.25) is 11.8 Å². The lowest BCUT2D eigenvalue weighted by Gasteiger charge is -2.24. The van der Waals surface area contributed by atoms with Crippen molar-refractivity contribution in [2.24, 2.45) is 0 Å². The molecule has 0 aromatic heterocycles. The fourth-order valence-electron chi connectivity index (χ4n) is 3.50. The van der Waals surface area contributed by atoms with E-state index in [9.17, 15) is 14.0 Å². The molecule has 1 aliphatic rings. The SMILES string of the molecule is CCOc1cc(C2CC(=O)N(C(C)C(=O)Nc3cccc(F)c3)C2)ccc1OC. The largest absolute Gasteiger partial charge is 0.493 e. The van der Waals surface area contributed by atoms with Gasteiger partial charge in [0.15, 0.2) is 11.5 Å². The molecule has 2 aromatic rings. The Bertz CT molecular complexity index is 902. The van der Waals surface area contributed by atoms with E-state index in [1.807, 2.05) is 25.1 Å². The Morgan fingerprint density at radius 3 is 2.76 bits per heavy atom. The molecule has 1 aliphatic heterocycles. The molecular weight excluding hydrogens is 375 g/mol. The first-order valence-corrected chi connectivity index (χ1v) is 9.59. The molecule has 7 heteroatoms. The molecule has 2 aromatic carbocycles. The number of benzene rings is 2. The maximum Gasteiger partial charge on any atom is 0.246 e. The second-order valence-corrected chi connectivity index (χ2v) is 6.97. The van der Waals surface area contributed by atoms with E-state index in [0.717, 1.165) is 5.56 Å². The van der Waals surface area contributed by atoms with E-state index in [-0.39, 0.29) is 17.7 Å². The lowest BCUT2D eigenvalue weighted by molar-refractivity contribution is -0.134. The Morgan fingerprint density at radius 1 is 1.28 bits per heavy atom. The van der Waals surface area contributed by atoms with Crippen LogP contribution < -0.4 is 14.8 Å². The van der Waals surface area contributed by atoms with Crippen molar-refractivity contribution >= 4 is 17.5 Å². The third kappa shape index (κ3) is 4.67. The molecule has 0 saturated carbocycles.